The molecule has 1 aromatic heterocycles. The number of pyridine rings is 1. The minimum atomic E-state index is -0.346. The lowest BCUT2D eigenvalue weighted by Crippen LogP contribution is -2.34. The van der Waals surface area contributed by atoms with Gasteiger partial charge in [-0.3, -0.25) is 14.6 Å². The van der Waals surface area contributed by atoms with Gasteiger partial charge in [0.1, 0.15) is 5.75 Å². The number of methoxy groups -OCH3 is 1. The van der Waals surface area contributed by atoms with Gasteiger partial charge >= 0.3 is 0 Å². The molecule has 2 aromatic rings. The molecule has 1 N–H and O–H groups in total. The van der Waals surface area contributed by atoms with Crippen LogP contribution < -0.4 is 15.0 Å². The second-order valence-electron chi connectivity index (χ2n) is 5.94. The van der Waals surface area contributed by atoms with Gasteiger partial charge in [0, 0.05) is 37.8 Å². The van der Waals surface area contributed by atoms with E-state index in [9.17, 15) is 9.59 Å². The van der Waals surface area contributed by atoms with Crippen LogP contribution in [-0.2, 0) is 16.0 Å². The molecule has 2 amide bonds. The lowest BCUT2D eigenvalue weighted by Gasteiger charge is -2.19. The zero-order valence-corrected chi connectivity index (χ0v) is 14.1. The summed E-state index contributed by atoms with van der Waals surface area (Å²) in [4.78, 5) is 30.6. The summed E-state index contributed by atoms with van der Waals surface area (Å²) < 4.78 is 5.31. The van der Waals surface area contributed by atoms with Crippen molar-refractivity contribution in [3.63, 3.8) is 0 Å². The Kier molecular flexibility index (Phi) is 5.28. The van der Waals surface area contributed by atoms with E-state index < -0.39 is 0 Å². The van der Waals surface area contributed by atoms with E-state index in [1.54, 1.807) is 18.2 Å². The van der Waals surface area contributed by atoms with E-state index in [1.807, 2.05) is 42.5 Å². The van der Waals surface area contributed by atoms with Crippen molar-refractivity contribution >= 4 is 17.5 Å². The van der Waals surface area contributed by atoms with Crippen molar-refractivity contribution in [3.8, 4) is 5.75 Å². The summed E-state index contributed by atoms with van der Waals surface area (Å²) in [5.74, 6) is 0.129. The Morgan fingerprint density at radius 3 is 2.84 bits per heavy atom. The number of nitrogens with zero attached hydrogens (tertiary/aromatic N) is 2. The van der Waals surface area contributed by atoms with Crippen molar-refractivity contribution in [1.82, 2.24) is 10.3 Å². The average Bonchev–Trinajstić information content (AvgIpc) is 3.04. The highest BCUT2D eigenvalue weighted by Crippen LogP contribution is 2.32. The van der Waals surface area contributed by atoms with Gasteiger partial charge in [-0.15, -0.1) is 0 Å². The van der Waals surface area contributed by atoms with Gasteiger partial charge in [0.15, 0.2) is 0 Å². The standard InChI is InChI=1S/C19H21N3O3/c1-25-17-8-3-2-7-16(17)22-13-14(12-18(22)23)19(24)21-11-9-15-6-4-5-10-20-15/h2-8,10,14H,9,11-13H2,1H3,(H,21,24)/t14-/m0/s1. The molecule has 2 heterocycles. The van der Waals surface area contributed by atoms with E-state index in [0.29, 0.717) is 30.9 Å². The number of benzene rings is 1. The average molecular weight is 339 g/mol. The number of hydrogen-bond donors (Lipinski definition) is 1. The summed E-state index contributed by atoms with van der Waals surface area (Å²) in [5, 5.41) is 2.91. The monoisotopic (exact) mass is 339 g/mol. The molecular weight excluding hydrogens is 318 g/mol. The van der Waals surface area contributed by atoms with Crippen LogP contribution in [0.25, 0.3) is 0 Å². The molecule has 6 heteroatoms. The van der Waals surface area contributed by atoms with Crippen LogP contribution in [0.1, 0.15) is 12.1 Å². The minimum absolute atomic E-state index is 0.0608. The molecule has 1 saturated heterocycles. The number of carbonyl (C=O) groups excluding carboxylic acids is 2. The van der Waals surface area contributed by atoms with Crippen LogP contribution in [0.15, 0.2) is 48.7 Å². The number of anilines is 1. The van der Waals surface area contributed by atoms with Crippen molar-refractivity contribution in [2.24, 2.45) is 5.92 Å². The predicted molar refractivity (Wildman–Crippen MR) is 94.4 cm³/mol. The fraction of sp³-hybridized carbons (Fsp3) is 0.316. The Labute approximate surface area is 146 Å². The summed E-state index contributed by atoms with van der Waals surface area (Å²) >= 11 is 0. The van der Waals surface area contributed by atoms with Crippen LogP contribution in [-0.4, -0.2) is 37.0 Å². The molecule has 1 aliphatic heterocycles. The summed E-state index contributed by atoms with van der Waals surface area (Å²) in [7, 11) is 1.57. The third kappa shape index (κ3) is 3.96. The highest BCUT2D eigenvalue weighted by molar-refractivity contribution is 6.01. The van der Waals surface area contributed by atoms with Crippen LogP contribution in [0.5, 0.6) is 5.75 Å². The first kappa shape index (κ1) is 17.0. The van der Waals surface area contributed by atoms with E-state index in [0.717, 1.165) is 5.69 Å². The maximum atomic E-state index is 12.4. The normalized spacial score (nSPS) is 16.8. The molecular formula is C19H21N3O3. The highest BCUT2D eigenvalue weighted by Gasteiger charge is 2.36. The van der Waals surface area contributed by atoms with Gasteiger partial charge in [0.05, 0.1) is 18.7 Å². The summed E-state index contributed by atoms with van der Waals surface area (Å²) in [6.07, 6.45) is 2.62. The third-order valence-electron chi connectivity index (χ3n) is 4.28. The largest absolute Gasteiger partial charge is 0.495 e. The number of carbonyl (C=O) groups is 2. The molecule has 130 valence electrons. The number of aromatic nitrogens is 1. The topological polar surface area (TPSA) is 71.5 Å². The van der Waals surface area contributed by atoms with E-state index in [2.05, 4.69) is 10.3 Å². The van der Waals surface area contributed by atoms with Crippen LogP contribution in [0.4, 0.5) is 5.69 Å². The molecule has 0 spiro atoms. The van der Waals surface area contributed by atoms with Crippen LogP contribution in [0, 0.1) is 5.92 Å². The van der Waals surface area contributed by atoms with Crippen molar-refractivity contribution in [2.75, 3.05) is 25.1 Å². The van der Waals surface area contributed by atoms with E-state index in [1.165, 1.54) is 0 Å². The second-order valence-corrected chi connectivity index (χ2v) is 5.94. The molecule has 0 unspecified atom stereocenters. The minimum Gasteiger partial charge on any atom is -0.495 e. The summed E-state index contributed by atoms with van der Waals surface area (Å²) in [6, 6.07) is 13.1. The van der Waals surface area contributed by atoms with Crippen molar-refractivity contribution in [3.05, 3.63) is 54.4 Å². The molecule has 3 rings (SSSR count). The number of ether oxygens (including phenoxy) is 1. The number of amides is 2. The molecule has 6 nitrogen and oxygen atoms in total. The second kappa shape index (κ2) is 7.79. The van der Waals surface area contributed by atoms with E-state index in [4.69, 9.17) is 4.74 Å². The maximum absolute atomic E-state index is 12.4. The molecule has 0 radical (unpaired) electrons. The summed E-state index contributed by atoms with van der Waals surface area (Å²) in [6.45, 7) is 0.879. The highest BCUT2D eigenvalue weighted by atomic mass is 16.5. The number of hydrogen-bond acceptors (Lipinski definition) is 4. The molecule has 1 atom stereocenters. The van der Waals surface area contributed by atoms with E-state index in [-0.39, 0.29) is 24.2 Å². The first-order valence-corrected chi connectivity index (χ1v) is 8.30. The fourth-order valence-corrected chi connectivity index (χ4v) is 2.97. The molecule has 1 aliphatic rings. The lowest BCUT2D eigenvalue weighted by atomic mass is 10.1. The molecule has 25 heavy (non-hydrogen) atoms. The van der Waals surface area contributed by atoms with Gasteiger partial charge in [0.2, 0.25) is 11.8 Å². The van der Waals surface area contributed by atoms with Crippen molar-refractivity contribution in [1.29, 1.82) is 0 Å². The molecule has 1 fully saturated rings. The Balaban J connectivity index is 1.57. The van der Waals surface area contributed by atoms with Crippen molar-refractivity contribution < 1.29 is 14.3 Å². The molecule has 0 saturated carbocycles. The van der Waals surface area contributed by atoms with Gasteiger partial charge in [0.25, 0.3) is 0 Å². The molecule has 0 aliphatic carbocycles. The Morgan fingerprint density at radius 1 is 1.28 bits per heavy atom. The quantitative estimate of drug-likeness (QED) is 0.871. The Bertz CT molecular complexity index is 749. The predicted octanol–water partition coefficient (Wildman–Crippen LogP) is 1.80. The molecule has 1 aromatic carbocycles. The van der Waals surface area contributed by atoms with Crippen LogP contribution >= 0.6 is 0 Å². The van der Waals surface area contributed by atoms with Crippen LogP contribution in [0.3, 0.4) is 0 Å². The number of rotatable bonds is 6. The van der Waals surface area contributed by atoms with Gasteiger partial charge in [-0.25, -0.2) is 0 Å². The number of nitrogens with one attached hydrogen (secondary N) is 1. The zero-order valence-electron chi connectivity index (χ0n) is 14.1. The SMILES string of the molecule is COc1ccccc1N1C[C@@H](C(=O)NCCc2ccccn2)CC1=O. The smallest absolute Gasteiger partial charge is 0.227 e. The van der Waals surface area contributed by atoms with Gasteiger partial charge < -0.3 is 15.0 Å². The third-order valence-corrected chi connectivity index (χ3v) is 4.28. The van der Waals surface area contributed by atoms with Gasteiger partial charge in [-0.1, -0.05) is 18.2 Å². The Morgan fingerprint density at radius 2 is 2.08 bits per heavy atom. The maximum Gasteiger partial charge on any atom is 0.227 e. The van der Waals surface area contributed by atoms with Gasteiger partial charge in [-0.2, -0.15) is 0 Å². The molecule has 0 bridgehead atoms. The first-order chi connectivity index (χ1) is 12.2. The Hall–Kier alpha value is -2.89. The van der Waals surface area contributed by atoms with Gasteiger partial charge in [-0.05, 0) is 24.3 Å². The number of para-hydroxylation sites is 2. The van der Waals surface area contributed by atoms with Crippen molar-refractivity contribution in [2.45, 2.75) is 12.8 Å². The first-order valence-electron chi connectivity index (χ1n) is 8.30. The fourth-order valence-electron chi connectivity index (χ4n) is 2.97. The van der Waals surface area contributed by atoms with Crippen LogP contribution in [0.2, 0.25) is 0 Å². The van der Waals surface area contributed by atoms with E-state index >= 15 is 0 Å². The summed E-state index contributed by atoms with van der Waals surface area (Å²) in [5.41, 5.74) is 1.64. The zero-order chi connectivity index (χ0) is 17.6. The lowest BCUT2D eigenvalue weighted by molar-refractivity contribution is -0.126.